The summed E-state index contributed by atoms with van der Waals surface area (Å²) in [6.45, 7) is 1.86. The molecule has 0 radical (unpaired) electrons. The molecule has 2 N–H and O–H groups in total. The number of piperidine rings is 1. The number of hydrogen-bond donors (Lipinski definition) is 2. The molecule has 1 fully saturated rings. The predicted octanol–water partition coefficient (Wildman–Crippen LogP) is 0.775. The highest BCUT2D eigenvalue weighted by atomic mass is 35.5. The van der Waals surface area contributed by atoms with E-state index in [-0.39, 0.29) is 17.8 Å². The first kappa shape index (κ1) is 12.3. The van der Waals surface area contributed by atoms with Gasteiger partial charge in [-0.3, -0.25) is 0 Å². The minimum atomic E-state index is 0.186. The summed E-state index contributed by atoms with van der Waals surface area (Å²) < 4.78 is 0. The van der Waals surface area contributed by atoms with Gasteiger partial charge in [0.1, 0.15) is 0 Å². The average Bonchev–Trinajstić information content (AvgIpc) is 2.38. The van der Waals surface area contributed by atoms with Crippen LogP contribution in [0.3, 0.4) is 0 Å². The van der Waals surface area contributed by atoms with Crippen molar-refractivity contribution in [2.45, 2.75) is 12.8 Å². The van der Waals surface area contributed by atoms with E-state index in [1.807, 2.05) is 4.90 Å². The van der Waals surface area contributed by atoms with Crippen LogP contribution in [-0.4, -0.2) is 46.8 Å². The van der Waals surface area contributed by atoms with Gasteiger partial charge in [0.05, 0.1) is 0 Å². The molecule has 94 valence electrons. The van der Waals surface area contributed by atoms with E-state index in [1.54, 1.807) is 7.05 Å². The van der Waals surface area contributed by atoms with Crippen LogP contribution >= 0.6 is 11.6 Å². The lowest BCUT2D eigenvalue weighted by Gasteiger charge is -2.31. The highest BCUT2D eigenvalue weighted by Crippen LogP contribution is 2.21. The zero-order chi connectivity index (χ0) is 12.3. The van der Waals surface area contributed by atoms with Gasteiger partial charge in [0, 0.05) is 26.7 Å². The second kappa shape index (κ2) is 5.46. The third kappa shape index (κ3) is 2.95. The first-order chi connectivity index (χ1) is 8.22. The van der Waals surface area contributed by atoms with Crippen molar-refractivity contribution in [3.63, 3.8) is 0 Å². The van der Waals surface area contributed by atoms with Gasteiger partial charge in [-0.1, -0.05) is 0 Å². The molecule has 2 heterocycles. The summed E-state index contributed by atoms with van der Waals surface area (Å²) in [6.07, 6.45) is 2.08. The fourth-order valence-electron chi connectivity index (χ4n) is 1.99. The molecular weight excluding hydrogens is 242 g/mol. The maximum atomic E-state index is 9.19. The van der Waals surface area contributed by atoms with Gasteiger partial charge in [-0.2, -0.15) is 15.0 Å². The van der Waals surface area contributed by atoms with Crippen molar-refractivity contribution in [3.05, 3.63) is 5.28 Å². The van der Waals surface area contributed by atoms with Gasteiger partial charge < -0.3 is 15.3 Å². The molecule has 1 aliphatic rings. The maximum absolute atomic E-state index is 9.19. The van der Waals surface area contributed by atoms with Gasteiger partial charge >= 0.3 is 0 Å². The van der Waals surface area contributed by atoms with Crippen LogP contribution in [-0.2, 0) is 0 Å². The minimum absolute atomic E-state index is 0.186. The van der Waals surface area contributed by atoms with Crippen LogP contribution in [0, 0.1) is 5.92 Å². The number of aromatic nitrogens is 3. The Kier molecular flexibility index (Phi) is 3.96. The zero-order valence-electron chi connectivity index (χ0n) is 9.73. The van der Waals surface area contributed by atoms with Crippen LogP contribution in [0.25, 0.3) is 0 Å². The second-order valence-corrected chi connectivity index (χ2v) is 4.45. The van der Waals surface area contributed by atoms with Gasteiger partial charge in [0.15, 0.2) is 0 Å². The van der Waals surface area contributed by atoms with Crippen molar-refractivity contribution < 1.29 is 5.11 Å². The molecule has 1 atom stereocenters. The quantitative estimate of drug-likeness (QED) is 0.834. The number of halogens is 1. The Morgan fingerprint density at radius 1 is 1.47 bits per heavy atom. The molecule has 17 heavy (non-hydrogen) atoms. The van der Waals surface area contributed by atoms with Gasteiger partial charge in [-0.05, 0) is 30.4 Å². The first-order valence-electron chi connectivity index (χ1n) is 5.68. The van der Waals surface area contributed by atoms with Crippen molar-refractivity contribution in [1.82, 2.24) is 15.0 Å². The van der Waals surface area contributed by atoms with E-state index in [0.717, 1.165) is 25.9 Å². The molecule has 6 nitrogen and oxygen atoms in total. The number of nitrogens with zero attached hydrogens (tertiary/aromatic N) is 4. The van der Waals surface area contributed by atoms with E-state index in [0.29, 0.717) is 11.9 Å². The predicted molar refractivity (Wildman–Crippen MR) is 66.4 cm³/mol. The summed E-state index contributed by atoms with van der Waals surface area (Å²) in [5.41, 5.74) is 0. The highest BCUT2D eigenvalue weighted by molar-refractivity contribution is 6.28. The Morgan fingerprint density at radius 3 is 3.00 bits per heavy atom. The van der Waals surface area contributed by atoms with Gasteiger partial charge in [0.25, 0.3) is 0 Å². The van der Waals surface area contributed by atoms with Gasteiger partial charge in [-0.15, -0.1) is 0 Å². The standard InChI is InChI=1S/C10H16ClN5O/c1-12-9-13-8(11)14-10(15-9)16-4-2-3-7(5-16)6-17/h7,17H,2-6H2,1H3,(H,12,13,14,15). The number of rotatable bonds is 3. The molecule has 0 spiro atoms. The lowest BCUT2D eigenvalue weighted by Crippen LogP contribution is -2.38. The number of aliphatic hydroxyl groups excluding tert-OH is 1. The largest absolute Gasteiger partial charge is 0.396 e. The average molecular weight is 258 g/mol. The number of aliphatic hydroxyl groups is 1. The second-order valence-electron chi connectivity index (χ2n) is 4.11. The lowest BCUT2D eigenvalue weighted by atomic mass is 9.99. The number of hydrogen-bond acceptors (Lipinski definition) is 6. The Balaban J connectivity index is 2.18. The Labute approximate surface area is 105 Å². The molecule has 0 saturated carbocycles. The van der Waals surface area contributed by atoms with Crippen molar-refractivity contribution in [1.29, 1.82) is 0 Å². The summed E-state index contributed by atoms with van der Waals surface area (Å²) in [7, 11) is 1.74. The smallest absolute Gasteiger partial charge is 0.231 e. The van der Waals surface area contributed by atoms with E-state index >= 15 is 0 Å². The molecule has 1 aliphatic heterocycles. The first-order valence-corrected chi connectivity index (χ1v) is 6.06. The zero-order valence-corrected chi connectivity index (χ0v) is 10.5. The topological polar surface area (TPSA) is 74.2 Å². The summed E-state index contributed by atoms with van der Waals surface area (Å²) in [5, 5.41) is 12.2. The van der Waals surface area contributed by atoms with Crippen molar-refractivity contribution in [2.75, 3.05) is 37.0 Å². The van der Waals surface area contributed by atoms with Crippen LogP contribution in [0.15, 0.2) is 0 Å². The van der Waals surface area contributed by atoms with Crippen LogP contribution < -0.4 is 10.2 Å². The molecule has 1 aromatic heterocycles. The fraction of sp³-hybridized carbons (Fsp3) is 0.700. The molecule has 0 aromatic carbocycles. The SMILES string of the molecule is CNc1nc(Cl)nc(N2CCCC(CO)C2)n1. The Bertz CT molecular complexity index is 389. The Morgan fingerprint density at radius 2 is 2.29 bits per heavy atom. The van der Waals surface area contributed by atoms with E-state index < -0.39 is 0 Å². The van der Waals surface area contributed by atoms with Gasteiger partial charge in [0.2, 0.25) is 17.2 Å². The molecule has 1 aromatic rings. The molecule has 0 amide bonds. The number of nitrogens with one attached hydrogen (secondary N) is 1. The molecule has 1 saturated heterocycles. The molecule has 0 bridgehead atoms. The Hall–Kier alpha value is -1.14. The third-order valence-electron chi connectivity index (χ3n) is 2.88. The monoisotopic (exact) mass is 257 g/mol. The summed E-state index contributed by atoms with van der Waals surface area (Å²) >= 11 is 5.84. The van der Waals surface area contributed by atoms with E-state index in [2.05, 4.69) is 20.3 Å². The normalized spacial score (nSPS) is 20.4. The summed E-state index contributed by atoms with van der Waals surface area (Å²) in [4.78, 5) is 14.4. The highest BCUT2D eigenvalue weighted by Gasteiger charge is 2.22. The van der Waals surface area contributed by atoms with Crippen LogP contribution in [0.5, 0.6) is 0 Å². The molecule has 2 rings (SSSR count). The maximum Gasteiger partial charge on any atom is 0.231 e. The number of anilines is 2. The van der Waals surface area contributed by atoms with E-state index in [1.165, 1.54) is 0 Å². The molecule has 7 heteroatoms. The minimum Gasteiger partial charge on any atom is -0.396 e. The van der Waals surface area contributed by atoms with Crippen molar-refractivity contribution in [2.24, 2.45) is 5.92 Å². The molecular formula is C10H16ClN5O. The van der Waals surface area contributed by atoms with Crippen molar-refractivity contribution in [3.8, 4) is 0 Å². The van der Waals surface area contributed by atoms with Crippen molar-refractivity contribution >= 4 is 23.5 Å². The molecule has 0 aliphatic carbocycles. The van der Waals surface area contributed by atoms with E-state index in [9.17, 15) is 5.11 Å². The molecule has 1 unspecified atom stereocenters. The van der Waals surface area contributed by atoms with Crippen LogP contribution in [0.2, 0.25) is 5.28 Å². The fourth-order valence-corrected chi connectivity index (χ4v) is 2.14. The van der Waals surface area contributed by atoms with E-state index in [4.69, 9.17) is 11.6 Å². The summed E-state index contributed by atoms with van der Waals surface area (Å²) in [6, 6.07) is 0. The van der Waals surface area contributed by atoms with Gasteiger partial charge in [-0.25, -0.2) is 0 Å². The van der Waals surface area contributed by atoms with Crippen LogP contribution in [0.4, 0.5) is 11.9 Å². The van der Waals surface area contributed by atoms with Crippen LogP contribution in [0.1, 0.15) is 12.8 Å². The summed E-state index contributed by atoms with van der Waals surface area (Å²) in [5.74, 6) is 1.33. The lowest BCUT2D eigenvalue weighted by molar-refractivity contribution is 0.208. The third-order valence-corrected chi connectivity index (χ3v) is 3.05.